The Hall–Kier alpha value is -1.35. The van der Waals surface area contributed by atoms with Gasteiger partial charge in [0.25, 0.3) is 0 Å². The maximum Gasteiger partial charge on any atom is 0.220 e. The number of nitrogens with two attached hydrogens (primary N) is 1. The summed E-state index contributed by atoms with van der Waals surface area (Å²) in [5.41, 5.74) is 8.47. The molecule has 3 heteroatoms. The van der Waals surface area contributed by atoms with Gasteiger partial charge in [0.2, 0.25) is 5.91 Å². The number of amides is 1. The first-order valence-electron chi connectivity index (χ1n) is 8.39. The van der Waals surface area contributed by atoms with Crippen LogP contribution in [0.25, 0.3) is 0 Å². The fourth-order valence-electron chi connectivity index (χ4n) is 3.43. The van der Waals surface area contributed by atoms with Crippen LogP contribution in [-0.4, -0.2) is 11.9 Å². The maximum atomic E-state index is 12.5. The number of aryl methyl sites for hydroxylation is 1. The van der Waals surface area contributed by atoms with Crippen molar-refractivity contribution in [3.8, 4) is 0 Å². The molecule has 122 valence electrons. The molecule has 1 amide bonds. The summed E-state index contributed by atoms with van der Waals surface area (Å²) in [5.74, 6) is 0.474. The van der Waals surface area contributed by atoms with Crippen LogP contribution in [0.1, 0.15) is 63.6 Å². The van der Waals surface area contributed by atoms with E-state index in [9.17, 15) is 4.79 Å². The van der Waals surface area contributed by atoms with E-state index in [1.165, 1.54) is 11.1 Å². The number of benzene rings is 1. The van der Waals surface area contributed by atoms with E-state index in [0.717, 1.165) is 19.3 Å². The third kappa shape index (κ3) is 4.33. The van der Waals surface area contributed by atoms with Crippen LogP contribution in [-0.2, 0) is 4.79 Å². The summed E-state index contributed by atoms with van der Waals surface area (Å²) in [5, 5.41) is 3.25. The van der Waals surface area contributed by atoms with Crippen molar-refractivity contribution < 1.29 is 4.79 Å². The second-order valence-corrected chi connectivity index (χ2v) is 7.84. The molecule has 0 bridgehead atoms. The molecule has 3 nitrogen and oxygen atoms in total. The molecule has 0 radical (unpaired) electrons. The van der Waals surface area contributed by atoms with E-state index >= 15 is 0 Å². The fourth-order valence-corrected chi connectivity index (χ4v) is 3.43. The second-order valence-electron chi connectivity index (χ2n) is 7.84. The Balaban J connectivity index is 2.08. The van der Waals surface area contributed by atoms with Crippen molar-refractivity contribution in [2.45, 2.75) is 65.5 Å². The Morgan fingerprint density at radius 3 is 2.64 bits per heavy atom. The zero-order chi connectivity index (χ0) is 16.3. The van der Waals surface area contributed by atoms with Crippen LogP contribution in [0.4, 0.5) is 0 Å². The zero-order valence-corrected chi connectivity index (χ0v) is 14.4. The molecule has 1 aliphatic rings. The molecule has 0 saturated heterocycles. The minimum absolute atomic E-state index is 0.0255. The number of rotatable bonds is 4. The molecule has 3 atom stereocenters. The van der Waals surface area contributed by atoms with E-state index in [0.29, 0.717) is 12.3 Å². The highest BCUT2D eigenvalue weighted by atomic mass is 16.1. The molecule has 22 heavy (non-hydrogen) atoms. The Morgan fingerprint density at radius 1 is 1.36 bits per heavy atom. The summed E-state index contributed by atoms with van der Waals surface area (Å²) < 4.78 is 0. The molecule has 0 aliphatic heterocycles. The van der Waals surface area contributed by atoms with E-state index in [4.69, 9.17) is 5.73 Å². The number of nitrogens with one attached hydrogen (secondary N) is 1. The Morgan fingerprint density at radius 2 is 2.09 bits per heavy atom. The highest BCUT2D eigenvalue weighted by Gasteiger charge is 2.30. The zero-order valence-electron chi connectivity index (χ0n) is 14.4. The third-order valence-corrected chi connectivity index (χ3v) is 4.71. The minimum atomic E-state index is -0.0265. The molecule has 1 fully saturated rings. The summed E-state index contributed by atoms with van der Waals surface area (Å²) in [6.07, 6.45) is 3.84. The van der Waals surface area contributed by atoms with Gasteiger partial charge in [0.15, 0.2) is 0 Å². The smallest absolute Gasteiger partial charge is 0.220 e. The van der Waals surface area contributed by atoms with Crippen molar-refractivity contribution in [2.75, 3.05) is 0 Å². The molecule has 3 N–H and O–H groups in total. The number of carbonyl (C=O) groups excluding carboxylic acids is 1. The highest BCUT2D eigenvalue weighted by Crippen LogP contribution is 2.34. The lowest BCUT2D eigenvalue weighted by atomic mass is 9.81. The molecule has 1 unspecified atom stereocenters. The van der Waals surface area contributed by atoms with Gasteiger partial charge < -0.3 is 11.1 Å². The average molecular weight is 302 g/mol. The van der Waals surface area contributed by atoms with Crippen LogP contribution in [0.5, 0.6) is 0 Å². The van der Waals surface area contributed by atoms with E-state index in [-0.39, 0.29) is 23.4 Å². The SMILES string of the molecule is Cc1cccc(C(NC(=O)C[C@@H]2CCC[C@H]2N)C(C)(C)C)c1. The molecule has 0 spiro atoms. The average Bonchev–Trinajstić information content (AvgIpc) is 2.80. The van der Waals surface area contributed by atoms with Crippen molar-refractivity contribution in [3.63, 3.8) is 0 Å². The minimum Gasteiger partial charge on any atom is -0.349 e. The number of carbonyl (C=O) groups is 1. The van der Waals surface area contributed by atoms with Gasteiger partial charge >= 0.3 is 0 Å². The van der Waals surface area contributed by atoms with Crippen molar-refractivity contribution in [1.29, 1.82) is 0 Å². The third-order valence-electron chi connectivity index (χ3n) is 4.71. The van der Waals surface area contributed by atoms with Crippen LogP contribution < -0.4 is 11.1 Å². The van der Waals surface area contributed by atoms with Gasteiger partial charge in [-0.2, -0.15) is 0 Å². The largest absolute Gasteiger partial charge is 0.349 e. The fraction of sp³-hybridized carbons (Fsp3) is 0.632. The van der Waals surface area contributed by atoms with Crippen molar-refractivity contribution in [1.82, 2.24) is 5.32 Å². The molecule has 1 saturated carbocycles. The molecular formula is C19H30N2O. The van der Waals surface area contributed by atoms with Crippen LogP contribution in [0.15, 0.2) is 24.3 Å². The molecule has 2 rings (SSSR count). The lowest BCUT2D eigenvalue weighted by Gasteiger charge is -2.32. The first-order valence-corrected chi connectivity index (χ1v) is 8.39. The Kier molecular flexibility index (Phi) is 5.28. The van der Waals surface area contributed by atoms with Crippen LogP contribution in [0.2, 0.25) is 0 Å². The quantitative estimate of drug-likeness (QED) is 0.890. The summed E-state index contributed by atoms with van der Waals surface area (Å²) in [4.78, 5) is 12.5. The normalized spacial score (nSPS) is 23.3. The first-order chi connectivity index (χ1) is 10.3. The van der Waals surface area contributed by atoms with Gasteiger partial charge in [0.05, 0.1) is 6.04 Å². The molecule has 0 heterocycles. The summed E-state index contributed by atoms with van der Waals surface area (Å²) >= 11 is 0. The summed E-state index contributed by atoms with van der Waals surface area (Å²) in [7, 11) is 0. The lowest BCUT2D eigenvalue weighted by molar-refractivity contribution is -0.123. The van der Waals surface area contributed by atoms with Gasteiger partial charge in [0, 0.05) is 12.5 Å². The molecule has 0 aromatic heterocycles. The highest BCUT2D eigenvalue weighted by molar-refractivity contribution is 5.77. The van der Waals surface area contributed by atoms with Gasteiger partial charge in [-0.15, -0.1) is 0 Å². The summed E-state index contributed by atoms with van der Waals surface area (Å²) in [6.45, 7) is 8.59. The topological polar surface area (TPSA) is 55.1 Å². The molecule has 1 aromatic rings. The molecular weight excluding hydrogens is 272 g/mol. The molecule has 1 aromatic carbocycles. The Labute approximate surface area is 134 Å². The monoisotopic (exact) mass is 302 g/mol. The van der Waals surface area contributed by atoms with E-state index < -0.39 is 0 Å². The van der Waals surface area contributed by atoms with Gasteiger partial charge in [-0.3, -0.25) is 4.79 Å². The molecule has 1 aliphatic carbocycles. The van der Waals surface area contributed by atoms with Crippen LogP contribution >= 0.6 is 0 Å². The van der Waals surface area contributed by atoms with Gasteiger partial charge in [0.1, 0.15) is 0 Å². The van der Waals surface area contributed by atoms with Gasteiger partial charge in [-0.25, -0.2) is 0 Å². The van der Waals surface area contributed by atoms with E-state index in [2.05, 4.69) is 57.3 Å². The second kappa shape index (κ2) is 6.82. The first kappa shape index (κ1) is 17.0. The lowest BCUT2D eigenvalue weighted by Crippen LogP contribution is -2.38. The van der Waals surface area contributed by atoms with Gasteiger partial charge in [-0.1, -0.05) is 57.0 Å². The van der Waals surface area contributed by atoms with Crippen molar-refractivity contribution in [2.24, 2.45) is 17.1 Å². The van der Waals surface area contributed by atoms with Gasteiger partial charge in [-0.05, 0) is 36.7 Å². The van der Waals surface area contributed by atoms with Crippen LogP contribution in [0.3, 0.4) is 0 Å². The van der Waals surface area contributed by atoms with Crippen molar-refractivity contribution >= 4 is 5.91 Å². The number of hydrogen-bond donors (Lipinski definition) is 2. The van der Waals surface area contributed by atoms with Crippen molar-refractivity contribution in [3.05, 3.63) is 35.4 Å². The predicted molar refractivity (Wildman–Crippen MR) is 91.5 cm³/mol. The van der Waals surface area contributed by atoms with E-state index in [1.807, 2.05) is 0 Å². The van der Waals surface area contributed by atoms with E-state index in [1.54, 1.807) is 0 Å². The summed E-state index contributed by atoms with van der Waals surface area (Å²) in [6, 6.07) is 8.63. The standard InChI is InChI=1S/C19H30N2O/c1-13-7-5-9-15(11-13)18(19(2,3)4)21-17(22)12-14-8-6-10-16(14)20/h5,7,9,11,14,16,18H,6,8,10,12,20H2,1-4H3,(H,21,22)/t14-,16+,18?/m0/s1. The Bertz CT molecular complexity index is 518. The van der Waals surface area contributed by atoms with Crippen LogP contribution in [0, 0.1) is 18.3 Å². The number of hydrogen-bond acceptors (Lipinski definition) is 2. The predicted octanol–water partition coefficient (Wildman–Crippen LogP) is 3.72. The maximum absolute atomic E-state index is 12.5.